The lowest BCUT2D eigenvalue weighted by atomic mass is 9.90. The van der Waals surface area contributed by atoms with E-state index in [2.05, 4.69) is 36.1 Å². The van der Waals surface area contributed by atoms with E-state index in [0.717, 1.165) is 19.1 Å². The number of aliphatic hydroxyl groups is 1. The third-order valence-electron chi connectivity index (χ3n) is 4.47. The number of hydrogen-bond donors (Lipinski definition) is 1. The Morgan fingerprint density at radius 3 is 2.95 bits per heavy atom. The number of aliphatic hydroxyl groups excluding tert-OH is 1. The van der Waals surface area contributed by atoms with Crippen molar-refractivity contribution in [3.63, 3.8) is 0 Å². The van der Waals surface area contributed by atoms with Gasteiger partial charge in [-0.3, -0.25) is 0 Å². The molecule has 0 spiro atoms. The largest absolute Gasteiger partial charge is 0.394 e. The summed E-state index contributed by atoms with van der Waals surface area (Å²) in [4.78, 5) is 2.52. The van der Waals surface area contributed by atoms with E-state index in [0.29, 0.717) is 6.61 Å². The molecule has 1 aliphatic heterocycles. The molecule has 1 saturated heterocycles. The molecule has 0 aromatic heterocycles. The first kappa shape index (κ1) is 16.5. The van der Waals surface area contributed by atoms with Crippen LogP contribution in [-0.4, -0.2) is 49.5 Å². The highest BCUT2D eigenvalue weighted by molar-refractivity contribution is 5.25. The summed E-state index contributed by atoms with van der Waals surface area (Å²) in [5.74, 6) is 0.816. The molecule has 1 heterocycles. The van der Waals surface area contributed by atoms with Crippen molar-refractivity contribution in [3.8, 4) is 0 Å². The van der Waals surface area contributed by atoms with E-state index in [1.165, 1.54) is 49.9 Å². The minimum absolute atomic E-state index is 0.124. The summed E-state index contributed by atoms with van der Waals surface area (Å²) >= 11 is 0. The Balaban J connectivity index is 1.70. The van der Waals surface area contributed by atoms with Crippen LogP contribution in [0.25, 0.3) is 0 Å². The number of ether oxygens (including phenoxy) is 1. The number of nitrogens with zero attached hydrogens (tertiary/aromatic N) is 1. The van der Waals surface area contributed by atoms with Gasteiger partial charge >= 0.3 is 0 Å². The van der Waals surface area contributed by atoms with Crippen LogP contribution in [0.3, 0.4) is 0 Å². The first-order valence-electron chi connectivity index (χ1n) is 8.25. The zero-order valence-corrected chi connectivity index (χ0v) is 13.3. The Labute approximate surface area is 128 Å². The smallest absolute Gasteiger partial charge is 0.0698 e. The van der Waals surface area contributed by atoms with Crippen LogP contribution in [0, 0.1) is 12.8 Å². The van der Waals surface area contributed by atoms with Crippen LogP contribution in [0.15, 0.2) is 24.3 Å². The average Bonchev–Trinajstić information content (AvgIpc) is 2.51. The van der Waals surface area contributed by atoms with E-state index in [1.54, 1.807) is 0 Å². The minimum atomic E-state index is 0.124. The van der Waals surface area contributed by atoms with Crippen molar-refractivity contribution in [3.05, 3.63) is 35.4 Å². The topological polar surface area (TPSA) is 32.7 Å². The Bertz CT molecular complexity index is 408. The summed E-state index contributed by atoms with van der Waals surface area (Å²) < 4.78 is 5.37. The highest BCUT2D eigenvalue weighted by Gasteiger charge is 2.19. The minimum Gasteiger partial charge on any atom is -0.394 e. The molecule has 1 aliphatic rings. The lowest BCUT2D eigenvalue weighted by Crippen LogP contribution is -2.37. The normalized spacial score (nSPS) is 19.8. The molecule has 1 aromatic rings. The third kappa shape index (κ3) is 5.77. The van der Waals surface area contributed by atoms with E-state index in [-0.39, 0.29) is 6.61 Å². The molecular formula is C18H29NO2. The fraction of sp³-hybridized carbons (Fsp3) is 0.667. The van der Waals surface area contributed by atoms with E-state index in [1.807, 2.05) is 0 Å². The van der Waals surface area contributed by atoms with Crippen LogP contribution in [0.2, 0.25) is 0 Å². The molecular weight excluding hydrogens is 262 g/mol. The van der Waals surface area contributed by atoms with Gasteiger partial charge in [-0.15, -0.1) is 0 Å². The Kier molecular flexibility index (Phi) is 7.20. The molecule has 0 bridgehead atoms. The second kappa shape index (κ2) is 9.19. The lowest BCUT2D eigenvalue weighted by Gasteiger charge is -2.32. The van der Waals surface area contributed by atoms with Gasteiger partial charge in [0, 0.05) is 13.1 Å². The van der Waals surface area contributed by atoms with Crippen molar-refractivity contribution in [2.45, 2.75) is 32.6 Å². The van der Waals surface area contributed by atoms with Crippen molar-refractivity contribution >= 4 is 0 Å². The standard InChI is InChI=1S/C18H29NO2/c1-16-5-2-3-7-18(16)9-8-17-6-4-10-19(15-17)11-13-21-14-12-20/h2-3,5,7,17,20H,4,6,8-15H2,1H3/t17-/m0/s1. The Morgan fingerprint density at radius 1 is 1.29 bits per heavy atom. The summed E-state index contributed by atoms with van der Waals surface area (Å²) in [6.07, 6.45) is 5.16. The number of piperidine rings is 1. The highest BCUT2D eigenvalue weighted by atomic mass is 16.5. The fourth-order valence-corrected chi connectivity index (χ4v) is 3.20. The Hall–Kier alpha value is -0.900. The molecule has 1 atom stereocenters. The zero-order valence-electron chi connectivity index (χ0n) is 13.3. The maximum Gasteiger partial charge on any atom is 0.0698 e. The molecule has 0 saturated carbocycles. The number of benzene rings is 1. The van der Waals surface area contributed by atoms with Gasteiger partial charge in [0.2, 0.25) is 0 Å². The van der Waals surface area contributed by atoms with Gasteiger partial charge in [0.25, 0.3) is 0 Å². The van der Waals surface area contributed by atoms with E-state index >= 15 is 0 Å². The molecule has 1 fully saturated rings. The molecule has 0 aliphatic carbocycles. The van der Waals surface area contributed by atoms with Crippen molar-refractivity contribution in [1.82, 2.24) is 4.90 Å². The van der Waals surface area contributed by atoms with Gasteiger partial charge < -0.3 is 14.7 Å². The van der Waals surface area contributed by atoms with Gasteiger partial charge in [0.1, 0.15) is 0 Å². The maximum absolute atomic E-state index is 8.71. The predicted molar refractivity (Wildman–Crippen MR) is 86.6 cm³/mol. The fourth-order valence-electron chi connectivity index (χ4n) is 3.20. The molecule has 118 valence electrons. The molecule has 0 amide bonds. The van der Waals surface area contributed by atoms with Gasteiger partial charge in [0.05, 0.1) is 19.8 Å². The van der Waals surface area contributed by atoms with Crippen molar-refractivity contribution in [2.24, 2.45) is 5.92 Å². The third-order valence-corrected chi connectivity index (χ3v) is 4.47. The quantitative estimate of drug-likeness (QED) is 0.747. The van der Waals surface area contributed by atoms with E-state index < -0.39 is 0 Å². The van der Waals surface area contributed by atoms with Crippen molar-refractivity contribution in [1.29, 1.82) is 0 Å². The van der Waals surface area contributed by atoms with Gasteiger partial charge in [0.15, 0.2) is 0 Å². The van der Waals surface area contributed by atoms with Crippen molar-refractivity contribution in [2.75, 3.05) is 39.5 Å². The molecule has 3 heteroatoms. The molecule has 2 rings (SSSR count). The molecule has 0 unspecified atom stereocenters. The molecule has 21 heavy (non-hydrogen) atoms. The second-order valence-electron chi connectivity index (χ2n) is 6.11. The van der Waals surface area contributed by atoms with Gasteiger partial charge in [-0.1, -0.05) is 24.3 Å². The highest BCUT2D eigenvalue weighted by Crippen LogP contribution is 2.22. The number of aryl methyl sites for hydroxylation is 2. The number of rotatable bonds is 8. The summed E-state index contributed by atoms with van der Waals surface area (Å²) in [5, 5.41) is 8.71. The first-order chi connectivity index (χ1) is 10.3. The van der Waals surface area contributed by atoms with Crippen molar-refractivity contribution < 1.29 is 9.84 Å². The zero-order chi connectivity index (χ0) is 14.9. The van der Waals surface area contributed by atoms with Crippen LogP contribution in [0.4, 0.5) is 0 Å². The Morgan fingerprint density at radius 2 is 2.14 bits per heavy atom. The van der Waals surface area contributed by atoms with Crippen LogP contribution in [0.1, 0.15) is 30.4 Å². The van der Waals surface area contributed by atoms with Gasteiger partial charge in [-0.2, -0.15) is 0 Å². The summed E-state index contributed by atoms with van der Waals surface area (Å²) in [7, 11) is 0. The number of hydrogen-bond acceptors (Lipinski definition) is 3. The monoisotopic (exact) mass is 291 g/mol. The van der Waals surface area contributed by atoms with Gasteiger partial charge in [-0.25, -0.2) is 0 Å². The first-order valence-corrected chi connectivity index (χ1v) is 8.25. The number of likely N-dealkylation sites (tertiary alicyclic amines) is 1. The van der Waals surface area contributed by atoms with Crippen LogP contribution in [0.5, 0.6) is 0 Å². The average molecular weight is 291 g/mol. The summed E-state index contributed by atoms with van der Waals surface area (Å²) in [6.45, 7) is 6.94. The molecule has 3 nitrogen and oxygen atoms in total. The molecule has 0 radical (unpaired) electrons. The van der Waals surface area contributed by atoms with Crippen LogP contribution >= 0.6 is 0 Å². The van der Waals surface area contributed by atoms with Crippen LogP contribution in [-0.2, 0) is 11.2 Å². The lowest BCUT2D eigenvalue weighted by molar-refractivity contribution is 0.0618. The summed E-state index contributed by atoms with van der Waals surface area (Å²) in [6, 6.07) is 8.74. The maximum atomic E-state index is 8.71. The van der Waals surface area contributed by atoms with Gasteiger partial charge in [-0.05, 0) is 56.2 Å². The SMILES string of the molecule is Cc1ccccc1CC[C@@H]1CCCN(CCOCCO)C1. The molecule has 1 aromatic carbocycles. The van der Waals surface area contributed by atoms with E-state index in [9.17, 15) is 0 Å². The van der Waals surface area contributed by atoms with E-state index in [4.69, 9.17) is 9.84 Å². The predicted octanol–water partition coefficient (Wildman–Crippen LogP) is 2.65. The van der Waals surface area contributed by atoms with Crippen LogP contribution < -0.4 is 0 Å². The molecule has 1 N–H and O–H groups in total. The summed E-state index contributed by atoms with van der Waals surface area (Å²) in [5.41, 5.74) is 2.92. The second-order valence-corrected chi connectivity index (χ2v) is 6.11.